The SMILES string of the molecule is S=C(Nc1ccccc1)N1CCC(c2nc3ccccc3[nH]2)CC1. The first-order valence-electron chi connectivity index (χ1n) is 8.35. The van der Waals surface area contributed by atoms with Crippen molar-refractivity contribution in [1.82, 2.24) is 14.9 Å². The zero-order valence-electron chi connectivity index (χ0n) is 13.4. The Labute approximate surface area is 146 Å². The highest BCUT2D eigenvalue weighted by molar-refractivity contribution is 7.80. The summed E-state index contributed by atoms with van der Waals surface area (Å²) in [6.07, 6.45) is 2.13. The number of thiocarbonyl (C=S) groups is 1. The second kappa shape index (κ2) is 6.61. The Morgan fingerprint density at radius 3 is 2.50 bits per heavy atom. The Morgan fingerprint density at radius 2 is 1.75 bits per heavy atom. The minimum atomic E-state index is 0.480. The van der Waals surface area contributed by atoms with Crippen molar-refractivity contribution in [2.75, 3.05) is 18.4 Å². The number of imidazole rings is 1. The van der Waals surface area contributed by atoms with Crippen molar-refractivity contribution in [3.8, 4) is 0 Å². The number of nitrogens with zero attached hydrogens (tertiary/aromatic N) is 2. The van der Waals surface area contributed by atoms with Crippen LogP contribution in [0.2, 0.25) is 0 Å². The number of aromatic amines is 1. The van der Waals surface area contributed by atoms with Crippen molar-refractivity contribution >= 4 is 34.1 Å². The van der Waals surface area contributed by atoms with E-state index in [4.69, 9.17) is 17.2 Å². The van der Waals surface area contributed by atoms with E-state index in [1.54, 1.807) is 0 Å². The summed E-state index contributed by atoms with van der Waals surface area (Å²) in [5, 5.41) is 4.13. The highest BCUT2D eigenvalue weighted by Gasteiger charge is 2.24. The Hall–Kier alpha value is -2.40. The number of benzene rings is 2. The van der Waals surface area contributed by atoms with Crippen LogP contribution < -0.4 is 5.32 Å². The largest absolute Gasteiger partial charge is 0.349 e. The van der Waals surface area contributed by atoms with Crippen molar-refractivity contribution < 1.29 is 0 Å². The second-order valence-electron chi connectivity index (χ2n) is 6.20. The van der Waals surface area contributed by atoms with E-state index in [0.717, 1.165) is 53.6 Å². The zero-order chi connectivity index (χ0) is 16.4. The number of nitrogens with one attached hydrogen (secondary N) is 2. The standard InChI is InChI=1S/C19H20N4S/c24-19(20-15-6-2-1-3-7-15)23-12-10-14(11-13-23)18-21-16-8-4-5-9-17(16)22-18/h1-9,14H,10-13H2,(H,20,24)(H,21,22). The van der Waals surface area contributed by atoms with Crippen LogP contribution >= 0.6 is 12.2 Å². The van der Waals surface area contributed by atoms with Crippen LogP contribution in [-0.4, -0.2) is 33.1 Å². The minimum Gasteiger partial charge on any atom is -0.349 e. The predicted octanol–water partition coefficient (Wildman–Crippen LogP) is 4.14. The van der Waals surface area contributed by atoms with E-state index in [2.05, 4.69) is 27.3 Å². The molecular weight excluding hydrogens is 316 g/mol. The Morgan fingerprint density at radius 1 is 1.04 bits per heavy atom. The van der Waals surface area contributed by atoms with Gasteiger partial charge in [0.1, 0.15) is 5.82 Å². The first kappa shape index (κ1) is 15.1. The maximum absolute atomic E-state index is 5.56. The van der Waals surface area contributed by atoms with E-state index in [0.29, 0.717) is 5.92 Å². The third-order valence-electron chi connectivity index (χ3n) is 4.60. The number of hydrogen-bond acceptors (Lipinski definition) is 2. The van der Waals surface area contributed by atoms with E-state index < -0.39 is 0 Å². The number of aromatic nitrogens is 2. The van der Waals surface area contributed by atoms with E-state index in [-0.39, 0.29) is 0 Å². The van der Waals surface area contributed by atoms with Gasteiger partial charge in [-0.3, -0.25) is 0 Å². The summed E-state index contributed by atoms with van der Waals surface area (Å²) >= 11 is 5.56. The third kappa shape index (κ3) is 3.12. The van der Waals surface area contributed by atoms with Crippen molar-refractivity contribution in [2.45, 2.75) is 18.8 Å². The highest BCUT2D eigenvalue weighted by atomic mass is 32.1. The Bertz CT molecular complexity index is 802. The first-order valence-corrected chi connectivity index (χ1v) is 8.76. The molecule has 0 atom stereocenters. The molecule has 1 fully saturated rings. The topological polar surface area (TPSA) is 44.0 Å². The summed E-state index contributed by atoms with van der Waals surface area (Å²) < 4.78 is 0. The van der Waals surface area contributed by atoms with Crippen LogP contribution in [0.5, 0.6) is 0 Å². The van der Waals surface area contributed by atoms with Gasteiger partial charge < -0.3 is 15.2 Å². The summed E-state index contributed by atoms with van der Waals surface area (Å²) in [5.74, 6) is 1.59. The van der Waals surface area contributed by atoms with Gasteiger partial charge in [-0.25, -0.2) is 4.98 Å². The fourth-order valence-corrected chi connectivity index (χ4v) is 3.55. The molecule has 0 unspecified atom stereocenters. The molecule has 2 aromatic carbocycles. The lowest BCUT2D eigenvalue weighted by atomic mass is 9.96. The lowest BCUT2D eigenvalue weighted by Gasteiger charge is -2.33. The van der Waals surface area contributed by atoms with Crippen molar-refractivity contribution in [2.24, 2.45) is 0 Å². The lowest BCUT2D eigenvalue weighted by molar-refractivity contribution is 0.311. The summed E-state index contributed by atoms with van der Waals surface area (Å²) in [6, 6.07) is 18.3. The summed E-state index contributed by atoms with van der Waals surface area (Å²) in [4.78, 5) is 10.5. The Balaban J connectivity index is 1.38. The summed E-state index contributed by atoms with van der Waals surface area (Å²) in [7, 11) is 0. The van der Waals surface area contributed by atoms with E-state index in [1.807, 2.05) is 42.5 Å². The quantitative estimate of drug-likeness (QED) is 0.690. The van der Waals surface area contributed by atoms with Gasteiger partial charge in [-0.1, -0.05) is 30.3 Å². The van der Waals surface area contributed by atoms with Gasteiger partial charge >= 0.3 is 0 Å². The van der Waals surface area contributed by atoms with Crippen molar-refractivity contribution in [1.29, 1.82) is 0 Å². The van der Waals surface area contributed by atoms with Gasteiger partial charge in [0.15, 0.2) is 5.11 Å². The smallest absolute Gasteiger partial charge is 0.173 e. The molecule has 4 rings (SSSR count). The first-order chi connectivity index (χ1) is 11.8. The summed E-state index contributed by atoms with van der Waals surface area (Å²) in [6.45, 7) is 1.92. The molecule has 1 aliphatic heterocycles. The second-order valence-corrected chi connectivity index (χ2v) is 6.58. The molecule has 1 aliphatic rings. The number of fused-ring (bicyclic) bond motifs is 1. The van der Waals surface area contributed by atoms with E-state index >= 15 is 0 Å². The van der Waals surface area contributed by atoms with Crippen LogP contribution in [0.25, 0.3) is 11.0 Å². The molecule has 5 heteroatoms. The fraction of sp³-hybridized carbons (Fsp3) is 0.263. The molecule has 0 spiro atoms. The number of para-hydroxylation sites is 3. The number of H-pyrrole nitrogens is 1. The van der Waals surface area contributed by atoms with Gasteiger partial charge in [-0.2, -0.15) is 0 Å². The number of hydrogen-bond donors (Lipinski definition) is 2. The normalized spacial score (nSPS) is 15.6. The molecule has 1 saturated heterocycles. The number of rotatable bonds is 2. The average molecular weight is 336 g/mol. The number of likely N-dealkylation sites (tertiary alicyclic amines) is 1. The van der Waals surface area contributed by atoms with Gasteiger partial charge in [0.2, 0.25) is 0 Å². The lowest BCUT2D eigenvalue weighted by Crippen LogP contribution is -2.40. The molecule has 0 bridgehead atoms. The molecule has 0 saturated carbocycles. The molecular formula is C19H20N4S. The van der Waals surface area contributed by atoms with Gasteiger partial charge in [0.25, 0.3) is 0 Å². The minimum absolute atomic E-state index is 0.480. The summed E-state index contributed by atoms with van der Waals surface area (Å²) in [5.41, 5.74) is 3.22. The molecule has 4 nitrogen and oxygen atoms in total. The van der Waals surface area contributed by atoms with Crippen LogP contribution in [0, 0.1) is 0 Å². The molecule has 122 valence electrons. The van der Waals surface area contributed by atoms with Crippen LogP contribution in [0.1, 0.15) is 24.6 Å². The fourth-order valence-electron chi connectivity index (χ4n) is 3.25. The third-order valence-corrected chi connectivity index (χ3v) is 4.96. The van der Waals surface area contributed by atoms with Crippen LogP contribution in [0.15, 0.2) is 54.6 Å². The molecule has 3 aromatic rings. The van der Waals surface area contributed by atoms with Gasteiger partial charge in [0, 0.05) is 24.7 Å². The van der Waals surface area contributed by atoms with Crippen molar-refractivity contribution in [3.63, 3.8) is 0 Å². The maximum Gasteiger partial charge on any atom is 0.173 e. The van der Waals surface area contributed by atoms with Crippen LogP contribution in [0.4, 0.5) is 5.69 Å². The van der Waals surface area contributed by atoms with E-state index in [1.165, 1.54) is 0 Å². The van der Waals surface area contributed by atoms with Gasteiger partial charge in [0.05, 0.1) is 11.0 Å². The maximum atomic E-state index is 5.56. The van der Waals surface area contributed by atoms with Crippen LogP contribution in [-0.2, 0) is 0 Å². The molecule has 1 aromatic heterocycles. The highest BCUT2D eigenvalue weighted by Crippen LogP contribution is 2.28. The van der Waals surface area contributed by atoms with Gasteiger partial charge in [-0.05, 0) is 49.3 Å². The molecule has 24 heavy (non-hydrogen) atoms. The molecule has 0 radical (unpaired) electrons. The molecule has 2 heterocycles. The van der Waals surface area contributed by atoms with Gasteiger partial charge in [-0.15, -0.1) is 0 Å². The van der Waals surface area contributed by atoms with Crippen molar-refractivity contribution in [3.05, 3.63) is 60.4 Å². The molecule has 0 amide bonds. The number of anilines is 1. The molecule has 2 N–H and O–H groups in total. The Kier molecular flexibility index (Phi) is 4.17. The number of piperidine rings is 1. The van der Waals surface area contributed by atoms with Crippen LogP contribution in [0.3, 0.4) is 0 Å². The molecule has 0 aliphatic carbocycles. The zero-order valence-corrected chi connectivity index (χ0v) is 14.2. The monoisotopic (exact) mass is 336 g/mol. The average Bonchev–Trinajstić information content (AvgIpc) is 3.07. The van der Waals surface area contributed by atoms with E-state index in [9.17, 15) is 0 Å². The predicted molar refractivity (Wildman–Crippen MR) is 102 cm³/mol.